The number of halogens is 3. The smallest absolute Gasteiger partial charge is 0.368 e. The Kier molecular flexibility index (Phi) is 6.14. The van der Waals surface area contributed by atoms with E-state index in [0.717, 1.165) is 33.0 Å². The van der Waals surface area contributed by atoms with Gasteiger partial charge in [0.1, 0.15) is 12.1 Å². The quantitative estimate of drug-likeness (QED) is 0.403. The summed E-state index contributed by atoms with van der Waals surface area (Å²) in [4.78, 5) is 25.8. The zero-order chi connectivity index (χ0) is 21.8. The van der Waals surface area contributed by atoms with Crippen molar-refractivity contribution in [3.05, 3.63) is 64.2 Å². The number of rotatable bonds is 7. The van der Waals surface area contributed by atoms with Gasteiger partial charge in [-0.2, -0.15) is 13.2 Å². The van der Waals surface area contributed by atoms with E-state index in [-0.39, 0.29) is 12.0 Å². The number of hydrogen-bond acceptors (Lipinski definition) is 7. The van der Waals surface area contributed by atoms with Crippen LogP contribution in [-0.4, -0.2) is 27.4 Å². The lowest BCUT2D eigenvalue weighted by atomic mass is 10.1. The second-order valence-corrected chi connectivity index (χ2v) is 8.62. The van der Waals surface area contributed by atoms with Crippen molar-refractivity contribution in [2.45, 2.75) is 19.0 Å². The van der Waals surface area contributed by atoms with E-state index in [1.54, 1.807) is 17.5 Å². The summed E-state index contributed by atoms with van der Waals surface area (Å²) in [5, 5.41) is 8.30. The highest BCUT2D eigenvalue weighted by molar-refractivity contribution is 7.17. The summed E-state index contributed by atoms with van der Waals surface area (Å²) in [6, 6.07) is 6.68. The number of carbonyl (C=O) groups excluding carboxylic acids is 1. The molecule has 4 aromatic rings. The van der Waals surface area contributed by atoms with E-state index in [9.17, 15) is 18.0 Å². The Labute approximate surface area is 183 Å². The molecule has 11 heteroatoms. The summed E-state index contributed by atoms with van der Waals surface area (Å²) in [6.07, 6.45) is -0.732. The van der Waals surface area contributed by atoms with Gasteiger partial charge < -0.3 is 10.6 Å². The number of carbonyl (C=O) groups is 1. The molecule has 1 amide bonds. The van der Waals surface area contributed by atoms with Crippen LogP contribution >= 0.6 is 22.7 Å². The minimum absolute atomic E-state index is 0.162. The van der Waals surface area contributed by atoms with Crippen LogP contribution in [0, 0.1) is 0 Å². The van der Waals surface area contributed by atoms with Crippen molar-refractivity contribution in [1.82, 2.24) is 15.0 Å². The first-order valence-electron chi connectivity index (χ1n) is 9.21. The summed E-state index contributed by atoms with van der Waals surface area (Å²) in [5.41, 5.74) is 0.412. The van der Waals surface area contributed by atoms with Crippen LogP contribution in [0.4, 0.5) is 24.1 Å². The minimum atomic E-state index is -4.44. The monoisotopic (exact) mass is 463 g/mol. The first-order valence-corrected chi connectivity index (χ1v) is 10.9. The highest BCUT2D eigenvalue weighted by Crippen LogP contribution is 2.30. The van der Waals surface area contributed by atoms with Crippen molar-refractivity contribution in [2.75, 3.05) is 17.2 Å². The molecule has 6 nitrogen and oxygen atoms in total. The van der Waals surface area contributed by atoms with E-state index in [1.807, 2.05) is 11.4 Å². The Morgan fingerprint density at radius 1 is 1.13 bits per heavy atom. The standard InChI is InChI=1S/C20H16F3N5OS2/c21-20(22,23)13-3-1-2-12(8-13)9-16(29)28-19-25-10-14(31-19)4-6-24-18-17-15(5-7-30-17)26-11-27-18/h1-3,5,7-8,10-11H,4,6,9H2,(H,24,26,27)(H,25,28,29). The fraction of sp³-hybridized carbons (Fsp3) is 0.200. The molecule has 0 saturated carbocycles. The summed E-state index contributed by atoms with van der Waals surface area (Å²) in [5.74, 6) is 0.360. The molecule has 0 radical (unpaired) electrons. The van der Waals surface area contributed by atoms with Gasteiger partial charge in [-0.25, -0.2) is 15.0 Å². The molecule has 0 aliphatic carbocycles. The van der Waals surface area contributed by atoms with Crippen LogP contribution in [0.2, 0.25) is 0 Å². The molecule has 31 heavy (non-hydrogen) atoms. The van der Waals surface area contributed by atoms with Crippen LogP contribution in [0.5, 0.6) is 0 Å². The molecule has 3 aromatic heterocycles. The molecule has 0 bridgehead atoms. The third-order valence-electron chi connectivity index (χ3n) is 4.33. The minimum Gasteiger partial charge on any atom is -0.368 e. The highest BCUT2D eigenvalue weighted by atomic mass is 32.1. The third kappa shape index (κ3) is 5.36. The molecular weight excluding hydrogens is 447 g/mol. The van der Waals surface area contributed by atoms with Gasteiger partial charge in [-0.15, -0.1) is 22.7 Å². The van der Waals surface area contributed by atoms with Crippen molar-refractivity contribution in [2.24, 2.45) is 0 Å². The molecule has 0 atom stereocenters. The molecular formula is C20H16F3N5OS2. The Morgan fingerprint density at radius 3 is 2.84 bits per heavy atom. The Bertz CT molecular complexity index is 1200. The number of thiophene rings is 1. The number of nitrogens with zero attached hydrogens (tertiary/aromatic N) is 3. The van der Waals surface area contributed by atoms with Crippen LogP contribution in [-0.2, 0) is 23.8 Å². The molecule has 1 aromatic carbocycles. The SMILES string of the molecule is O=C(Cc1cccc(C(F)(F)F)c1)Nc1ncc(CCNc2ncnc3ccsc23)s1. The molecule has 3 heterocycles. The summed E-state index contributed by atoms with van der Waals surface area (Å²) in [7, 11) is 0. The second-order valence-electron chi connectivity index (χ2n) is 6.59. The largest absolute Gasteiger partial charge is 0.416 e. The van der Waals surface area contributed by atoms with Crippen LogP contribution in [0.25, 0.3) is 10.2 Å². The van der Waals surface area contributed by atoms with Gasteiger partial charge in [-0.1, -0.05) is 18.2 Å². The maximum Gasteiger partial charge on any atom is 0.416 e. The van der Waals surface area contributed by atoms with Crippen molar-refractivity contribution >= 4 is 49.7 Å². The molecule has 4 rings (SSSR count). The molecule has 2 N–H and O–H groups in total. The molecule has 0 aliphatic rings. The van der Waals surface area contributed by atoms with Gasteiger partial charge in [-0.3, -0.25) is 4.79 Å². The van der Waals surface area contributed by atoms with Crippen LogP contribution < -0.4 is 10.6 Å². The van der Waals surface area contributed by atoms with Crippen molar-refractivity contribution in [3.63, 3.8) is 0 Å². The van der Waals surface area contributed by atoms with Crippen molar-refractivity contribution < 1.29 is 18.0 Å². The van der Waals surface area contributed by atoms with Gasteiger partial charge in [0.05, 0.1) is 22.2 Å². The summed E-state index contributed by atoms with van der Waals surface area (Å²) in [6.45, 7) is 0.629. The average Bonchev–Trinajstić information content (AvgIpc) is 3.37. The van der Waals surface area contributed by atoms with Gasteiger partial charge in [0.15, 0.2) is 5.13 Å². The first-order chi connectivity index (χ1) is 14.9. The normalized spacial score (nSPS) is 11.6. The number of anilines is 2. The van der Waals surface area contributed by atoms with Gasteiger partial charge in [0.25, 0.3) is 0 Å². The lowest BCUT2D eigenvalue weighted by Crippen LogP contribution is -2.15. The molecule has 0 unspecified atom stereocenters. The first kappa shape index (κ1) is 21.2. The fourth-order valence-corrected chi connectivity index (χ4v) is 4.55. The van der Waals surface area contributed by atoms with E-state index in [2.05, 4.69) is 25.6 Å². The third-order valence-corrected chi connectivity index (χ3v) is 6.21. The number of aromatic nitrogens is 3. The van der Waals surface area contributed by atoms with Gasteiger partial charge in [-0.05, 0) is 23.1 Å². The van der Waals surface area contributed by atoms with Crippen LogP contribution in [0.3, 0.4) is 0 Å². The molecule has 0 aliphatic heterocycles. The maximum atomic E-state index is 12.8. The predicted molar refractivity (Wildman–Crippen MR) is 116 cm³/mol. The molecule has 0 fully saturated rings. The van der Waals surface area contributed by atoms with Crippen LogP contribution in [0.1, 0.15) is 16.0 Å². The topological polar surface area (TPSA) is 79.8 Å². The Balaban J connectivity index is 1.30. The Morgan fingerprint density at radius 2 is 2.00 bits per heavy atom. The molecule has 0 saturated heterocycles. The zero-order valence-corrected chi connectivity index (χ0v) is 17.6. The van der Waals surface area contributed by atoms with E-state index in [4.69, 9.17) is 0 Å². The number of benzene rings is 1. The van der Waals surface area contributed by atoms with E-state index in [1.165, 1.54) is 29.8 Å². The maximum absolute atomic E-state index is 12.8. The van der Waals surface area contributed by atoms with Gasteiger partial charge >= 0.3 is 6.18 Å². The average molecular weight is 464 g/mol. The lowest BCUT2D eigenvalue weighted by molar-refractivity contribution is -0.137. The van der Waals surface area contributed by atoms with Crippen molar-refractivity contribution in [1.29, 1.82) is 0 Å². The number of alkyl halides is 3. The van der Waals surface area contributed by atoms with Gasteiger partial charge in [0.2, 0.25) is 5.91 Å². The zero-order valence-electron chi connectivity index (χ0n) is 15.9. The van der Waals surface area contributed by atoms with E-state index >= 15 is 0 Å². The highest BCUT2D eigenvalue weighted by Gasteiger charge is 2.30. The number of thiazole rings is 1. The second kappa shape index (κ2) is 8.98. The van der Waals surface area contributed by atoms with Crippen molar-refractivity contribution in [3.8, 4) is 0 Å². The number of hydrogen-bond donors (Lipinski definition) is 2. The fourth-order valence-electron chi connectivity index (χ4n) is 2.91. The van der Waals surface area contributed by atoms with Gasteiger partial charge in [0, 0.05) is 24.0 Å². The Hall–Kier alpha value is -3.05. The van der Waals surface area contributed by atoms with E-state index < -0.39 is 17.6 Å². The summed E-state index contributed by atoms with van der Waals surface area (Å²) < 4.78 is 39.4. The summed E-state index contributed by atoms with van der Waals surface area (Å²) >= 11 is 2.89. The van der Waals surface area contributed by atoms with E-state index in [0.29, 0.717) is 18.1 Å². The lowest BCUT2D eigenvalue weighted by Gasteiger charge is -2.08. The number of amides is 1. The molecule has 0 spiro atoms. The predicted octanol–water partition coefficient (Wildman–Crippen LogP) is 5.00. The number of fused-ring (bicyclic) bond motifs is 1. The van der Waals surface area contributed by atoms with Crippen LogP contribution in [0.15, 0.2) is 48.2 Å². The number of nitrogens with one attached hydrogen (secondary N) is 2. The molecule has 160 valence electrons.